The molecule has 0 amide bonds. The number of quaternary nitrogens is 1. The van der Waals surface area contributed by atoms with Crippen LogP contribution in [-0.2, 0) is 14.3 Å². The van der Waals surface area contributed by atoms with Gasteiger partial charge in [-0.15, -0.1) is 0 Å². The summed E-state index contributed by atoms with van der Waals surface area (Å²) in [6.07, 6.45) is 4.76. The number of carbonyl (C=O) groups excluding carboxylic acids is 1. The molecule has 7 atom stereocenters. The molecule has 0 aromatic rings. The molecule has 2 heterocycles. The van der Waals surface area contributed by atoms with Crippen LogP contribution in [0.3, 0.4) is 0 Å². The largest absolute Gasteiger partial charge is 0.455 e. The Morgan fingerprint density at radius 1 is 1.18 bits per heavy atom. The number of esters is 1. The Morgan fingerprint density at radius 3 is 2.59 bits per heavy atom. The van der Waals surface area contributed by atoms with Crippen molar-refractivity contribution < 1.29 is 18.8 Å². The Kier molecular flexibility index (Phi) is 2.90. The molecule has 0 radical (unpaired) electrons. The Balaban J connectivity index is 1.72. The molecule has 124 valence electrons. The van der Waals surface area contributed by atoms with Crippen LogP contribution in [0.5, 0.6) is 0 Å². The molecule has 2 aliphatic heterocycles. The second-order valence-corrected chi connectivity index (χ2v) is 9.47. The lowest BCUT2D eigenvalue weighted by atomic mass is 9.55. The van der Waals surface area contributed by atoms with Crippen LogP contribution in [-0.4, -0.2) is 55.4 Å². The van der Waals surface area contributed by atoms with Crippen LogP contribution in [0, 0.1) is 23.7 Å². The SMILES string of the molecule is C[C@@H]1CC[C@H]2[C@@H](C[N+](C)(C)C)C(=O)O[C@]23[C@H]1CC[C@@]1(C)O[C@@H]31. The van der Waals surface area contributed by atoms with Gasteiger partial charge in [0.1, 0.15) is 17.6 Å². The van der Waals surface area contributed by atoms with E-state index in [4.69, 9.17) is 9.47 Å². The number of nitrogens with zero attached hydrogens (tertiary/aromatic N) is 1. The highest BCUT2D eigenvalue weighted by molar-refractivity contribution is 5.77. The van der Waals surface area contributed by atoms with Crippen molar-refractivity contribution in [2.75, 3.05) is 27.7 Å². The summed E-state index contributed by atoms with van der Waals surface area (Å²) < 4.78 is 13.2. The summed E-state index contributed by atoms with van der Waals surface area (Å²) in [5.74, 6) is 1.57. The summed E-state index contributed by atoms with van der Waals surface area (Å²) in [7, 11) is 6.50. The van der Waals surface area contributed by atoms with Crippen LogP contribution in [0.15, 0.2) is 0 Å². The van der Waals surface area contributed by atoms with Crippen LogP contribution >= 0.6 is 0 Å². The summed E-state index contributed by atoms with van der Waals surface area (Å²) in [4.78, 5) is 12.8. The normalized spacial score (nSPS) is 53.3. The Hall–Kier alpha value is -0.610. The minimum atomic E-state index is -0.318. The van der Waals surface area contributed by atoms with Gasteiger partial charge in [0.2, 0.25) is 0 Å². The van der Waals surface area contributed by atoms with Crippen molar-refractivity contribution in [3.63, 3.8) is 0 Å². The lowest BCUT2D eigenvalue weighted by Gasteiger charge is -2.50. The standard InChI is InChI=1S/C18H30NO3/c1-11-6-7-14-12(10-19(3,4)5)15(20)21-18(14)13(11)8-9-17(2)16(18)22-17/h11-14,16H,6-10H2,1-5H3/q+1/t11-,12-,13+,14+,16-,17-,18-/m1/s1. The van der Waals surface area contributed by atoms with Crippen molar-refractivity contribution >= 4 is 5.97 Å². The summed E-state index contributed by atoms with van der Waals surface area (Å²) in [5.41, 5.74) is -0.348. The highest BCUT2D eigenvalue weighted by Gasteiger charge is 2.77. The first-order valence-electron chi connectivity index (χ1n) is 8.88. The molecule has 0 aromatic heterocycles. The third-order valence-corrected chi connectivity index (χ3v) is 6.84. The molecule has 1 spiro atoms. The van der Waals surface area contributed by atoms with E-state index in [0.717, 1.165) is 30.3 Å². The van der Waals surface area contributed by atoms with E-state index in [-0.39, 0.29) is 29.2 Å². The van der Waals surface area contributed by atoms with Gasteiger partial charge in [0.25, 0.3) is 0 Å². The molecule has 2 saturated heterocycles. The number of fused-ring (bicyclic) bond motifs is 1. The first-order chi connectivity index (χ1) is 10.2. The number of carbonyl (C=O) groups is 1. The lowest BCUT2D eigenvalue weighted by molar-refractivity contribution is -0.873. The summed E-state index contributed by atoms with van der Waals surface area (Å²) in [6.45, 7) is 5.42. The van der Waals surface area contributed by atoms with Gasteiger partial charge < -0.3 is 14.0 Å². The fourth-order valence-corrected chi connectivity index (χ4v) is 5.85. The van der Waals surface area contributed by atoms with E-state index >= 15 is 0 Å². The maximum Gasteiger partial charge on any atom is 0.315 e. The monoisotopic (exact) mass is 308 g/mol. The van der Waals surface area contributed by atoms with Crippen LogP contribution < -0.4 is 0 Å². The molecular weight excluding hydrogens is 278 g/mol. The van der Waals surface area contributed by atoms with E-state index in [1.807, 2.05) is 0 Å². The van der Waals surface area contributed by atoms with E-state index < -0.39 is 0 Å². The molecule has 0 bridgehead atoms. The number of epoxide rings is 1. The summed E-state index contributed by atoms with van der Waals surface area (Å²) >= 11 is 0. The third kappa shape index (κ3) is 1.86. The number of ether oxygens (including phenoxy) is 2. The average molecular weight is 308 g/mol. The van der Waals surface area contributed by atoms with E-state index in [1.165, 1.54) is 6.42 Å². The van der Waals surface area contributed by atoms with Gasteiger partial charge in [0, 0.05) is 11.8 Å². The van der Waals surface area contributed by atoms with Gasteiger partial charge in [0.15, 0.2) is 0 Å². The zero-order valence-electron chi connectivity index (χ0n) is 14.6. The van der Waals surface area contributed by atoms with E-state index in [2.05, 4.69) is 35.0 Å². The number of hydrogen-bond acceptors (Lipinski definition) is 3. The van der Waals surface area contributed by atoms with Crippen molar-refractivity contribution in [3.05, 3.63) is 0 Å². The first kappa shape index (κ1) is 14.9. The van der Waals surface area contributed by atoms with Gasteiger partial charge >= 0.3 is 5.97 Å². The second-order valence-electron chi connectivity index (χ2n) is 9.47. The van der Waals surface area contributed by atoms with Crippen LogP contribution in [0.1, 0.15) is 39.5 Å². The average Bonchev–Trinajstić information content (AvgIpc) is 3.02. The van der Waals surface area contributed by atoms with Crippen LogP contribution in [0.25, 0.3) is 0 Å². The van der Waals surface area contributed by atoms with Crippen molar-refractivity contribution in [2.24, 2.45) is 23.7 Å². The van der Waals surface area contributed by atoms with Crippen molar-refractivity contribution in [2.45, 2.75) is 56.8 Å². The quantitative estimate of drug-likeness (QED) is 0.446. The summed E-state index contributed by atoms with van der Waals surface area (Å²) in [6, 6.07) is 0. The van der Waals surface area contributed by atoms with Crippen LogP contribution in [0.4, 0.5) is 0 Å². The fourth-order valence-electron chi connectivity index (χ4n) is 5.85. The van der Waals surface area contributed by atoms with Crippen molar-refractivity contribution in [1.82, 2.24) is 0 Å². The first-order valence-corrected chi connectivity index (χ1v) is 8.88. The Labute approximate surface area is 133 Å². The van der Waals surface area contributed by atoms with Gasteiger partial charge in [-0.2, -0.15) is 0 Å². The van der Waals surface area contributed by atoms with Gasteiger partial charge in [0.05, 0.1) is 33.3 Å². The predicted molar refractivity (Wildman–Crippen MR) is 83.1 cm³/mol. The smallest absolute Gasteiger partial charge is 0.315 e. The van der Waals surface area contributed by atoms with Crippen molar-refractivity contribution in [3.8, 4) is 0 Å². The molecular formula is C18H30NO3+. The fraction of sp³-hybridized carbons (Fsp3) is 0.944. The topological polar surface area (TPSA) is 38.8 Å². The molecule has 4 rings (SSSR count). The number of rotatable bonds is 2. The maximum atomic E-state index is 12.8. The second kappa shape index (κ2) is 4.27. The predicted octanol–water partition coefficient (Wildman–Crippen LogP) is 2.22. The minimum Gasteiger partial charge on any atom is -0.455 e. The molecule has 4 heteroatoms. The molecule has 4 aliphatic rings. The molecule has 0 aromatic carbocycles. The van der Waals surface area contributed by atoms with Gasteiger partial charge in [-0.3, -0.25) is 4.79 Å². The van der Waals surface area contributed by atoms with E-state index in [0.29, 0.717) is 17.8 Å². The molecule has 2 aliphatic carbocycles. The zero-order chi connectivity index (χ0) is 15.9. The van der Waals surface area contributed by atoms with Gasteiger partial charge in [-0.05, 0) is 38.5 Å². The Morgan fingerprint density at radius 2 is 1.91 bits per heavy atom. The Bertz CT molecular complexity index is 513. The zero-order valence-corrected chi connectivity index (χ0v) is 14.6. The highest BCUT2D eigenvalue weighted by Crippen LogP contribution is 2.66. The maximum absolute atomic E-state index is 12.8. The van der Waals surface area contributed by atoms with Crippen LogP contribution in [0.2, 0.25) is 0 Å². The summed E-state index contributed by atoms with van der Waals surface area (Å²) in [5, 5.41) is 0. The number of hydrogen-bond donors (Lipinski definition) is 0. The molecule has 0 N–H and O–H groups in total. The lowest BCUT2D eigenvalue weighted by Crippen LogP contribution is -2.58. The third-order valence-electron chi connectivity index (χ3n) is 6.84. The van der Waals surface area contributed by atoms with E-state index in [1.54, 1.807) is 0 Å². The highest BCUT2D eigenvalue weighted by atomic mass is 16.7. The van der Waals surface area contributed by atoms with E-state index in [9.17, 15) is 4.79 Å². The molecule has 4 fully saturated rings. The minimum absolute atomic E-state index is 0.0302. The van der Waals surface area contributed by atoms with Gasteiger partial charge in [-0.25, -0.2) is 0 Å². The van der Waals surface area contributed by atoms with Gasteiger partial charge in [-0.1, -0.05) is 6.92 Å². The van der Waals surface area contributed by atoms with Crippen molar-refractivity contribution in [1.29, 1.82) is 0 Å². The molecule has 2 saturated carbocycles. The molecule has 22 heavy (non-hydrogen) atoms. The molecule has 4 nitrogen and oxygen atoms in total. The molecule has 0 unspecified atom stereocenters.